The first kappa shape index (κ1) is 35.3. The third-order valence-corrected chi connectivity index (χ3v) is 8.37. The minimum atomic E-state index is -0.728. The zero-order chi connectivity index (χ0) is 36.8. The summed E-state index contributed by atoms with van der Waals surface area (Å²) in [7, 11) is 1.20. The Hall–Kier alpha value is -6.56. The summed E-state index contributed by atoms with van der Waals surface area (Å²) < 4.78 is 4.91. The summed E-state index contributed by atoms with van der Waals surface area (Å²) in [5, 5.41) is 13.2. The molecule has 4 N–H and O–H groups in total. The van der Waals surface area contributed by atoms with Crippen LogP contribution in [-0.4, -0.2) is 42.3 Å². The standard InChI is InChI=1S/C39H27Cl2N5O6/c1-52-39(51)29-17-11-24(37(49)44-33-21-25(40)12-18-31(33)41)20-32(29)45-46-34-28-10-6-5-9-23(28)19-30(35(34)47)38(50)43-27-15-13-26(14-16-27)42-36(48)22-7-3-2-4-8-22/h2-21,45H,1H3,(H,42,48)(H,43,50)(H,44,49)/b46-34+. The summed E-state index contributed by atoms with van der Waals surface area (Å²) in [5.74, 6) is -2.97. The molecular weight excluding hydrogens is 705 g/mol. The molecule has 13 heteroatoms. The van der Waals surface area contributed by atoms with Gasteiger partial charge in [0, 0.05) is 33.1 Å². The number of hydrazone groups is 1. The number of nitrogens with one attached hydrogen (secondary N) is 4. The fourth-order valence-electron chi connectivity index (χ4n) is 5.19. The van der Waals surface area contributed by atoms with Crippen molar-refractivity contribution in [3.8, 4) is 0 Å². The van der Waals surface area contributed by atoms with E-state index in [0.717, 1.165) is 0 Å². The van der Waals surface area contributed by atoms with Gasteiger partial charge >= 0.3 is 5.97 Å². The predicted molar refractivity (Wildman–Crippen MR) is 201 cm³/mol. The minimum absolute atomic E-state index is 0.0256. The van der Waals surface area contributed by atoms with Crippen molar-refractivity contribution in [2.24, 2.45) is 5.10 Å². The van der Waals surface area contributed by atoms with Gasteiger partial charge in [0.05, 0.1) is 34.6 Å². The second-order valence-electron chi connectivity index (χ2n) is 11.2. The molecule has 0 atom stereocenters. The largest absolute Gasteiger partial charge is 0.465 e. The van der Waals surface area contributed by atoms with Crippen LogP contribution >= 0.6 is 23.2 Å². The summed E-state index contributed by atoms with van der Waals surface area (Å²) in [6, 6.07) is 30.8. The van der Waals surface area contributed by atoms with Gasteiger partial charge in [0.2, 0.25) is 5.78 Å². The van der Waals surface area contributed by atoms with Crippen LogP contribution in [0.2, 0.25) is 10.0 Å². The molecule has 0 heterocycles. The fourth-order valence-corrected chi connectivity index (χ4v) is 5.52. The van der Waals surface area contributed by atoms with Gasteiger partial charge < -0.3 is 20.7 Å². The summed E-state index contributed by atoms with van der Waals surface area (Å²) in [6.45, 7) is 0. The monoisotopic (exact) mass is 731 g/mol. The lowest BCUT2D eigenvalue weighted by Gasteiger charge is -2.18. The zero-order valence-electron chi connectivity index (χ0n) is 27.2. The predicted octanol–water partition coefficient (Wildman–Crippen LogP) is 7.71. The number of amides is 3. The Morgan fingerprint density at radius 3 is 2.02 bits per heavy atom. The number of nitrogens with zero attached hydrogens (tertiary/aromatic N) is 1. The molecule has 0 spiro atoms. The number of methoxy groups -OCH3 is 1. The van der Waals surface area contributed by atoms with Crippen molar-refractivity contribution in [1.29, 1.82) is 0 Å². The Bertz CT molecular complexity index is 2310. The van der Waals surface area contributed by atoms with Crippen molar-refractivity contribution in [3.05, 3.63) is 159 Å². The number of halogens is 2. The third kappa shape index (κ3) is 7.91. The first-order chi connectivity index (χ1) is 25.1. The van der Waals surface area contributed by atoms with Crippen LogP contribution in [0.4, 0.5) is 22.7 Å². The summed E-state index contributed by atoms with van der Waals surface area (Å²) in [5.41, 5.74) is 5.26. The molecule has 0 fully saturated rings. The summed E-state index contributed by atoms with van der Waals surface area (Å²) in [6.07, 6.45) is 1.46. The highest BCUT2D eigenvalue weighted by Crippen LogP contribution is 2.28. The number of anilines is 4. The lowest BCUT2D eigenvalue weighted by Crippen LogP contribution is -2.30. The van der Waals surface area contributed by atoms with E-state index in [1.165, 1.54) is 43.5 Å². The second-order valence-corrected chi connectivity index (χ2v) is 12.1. The van der Waals surface area contributed by atoms with Crippen LogP contribution in [0.1, 0.15) is 42.2 Å². The summed E-state index contributed by atoms with van der Waals surface area (Å²) >= 11 is 12.3. The van der Waals surface area contributed by atoms with Gasteiger partial charge in [-0.05, 0) is 84.4 Å². The molecule has 0 aliphatic heterocycles. The van der Waals surface area contributed by atoms with Crippen molar-refractivity contribution in [2.75, 3.05) is 28.5 Å². The average molecular weight is 733 g/mol. The lowest BCUT2D eigenvalue weighted by molar-refractivity contribution is -0.116. The van der Waals surface area contributed by atoms with Gasteiger partial charge in [-0.25, -0.2) is 4.79 Å². The molecule has 0 bridgehead atoms. The van der Waals surface area contributed by atoms with Gasteiger partial charge in [0.25, 0.3) is 17.7 Å². The SMILES string of the molecule is COC(=O)c1ccc(C(=O)Nc2cc(Cl)ccc2Cl)cc1N/N=C1/C(=O)C(C(=O)Nc2ccc(NC(=O)c3ccccc3)cc2)=Cc2ccccc21. The number of esters is 1. The second kappa shape index (κ2) is 15.5. The number of rotatable bonds is 9. The molecule has 258 valence electrons. The molecule has 0 radical (unpaired) electrons. The number of hydrogen-bond donors (Lipinski definition) is 4. The molecule has 0 aromatic heterocycles. The van der Waals surface area contributed by atoms with Gasteiger partial charge in [0.15, 0.2) is 0 Å². The number of carbonyl (C=O) groups excluding carboxylic acids is 5. The van der Waals surface area contributed by atoms with E-state index in [0.29, 0.717) is 33.1 Å². The molecule has 0 unspecified atom stereocenters. The van der Waals surface area contributed by atoms with Crippen LogP contribution in [0.15, 0.2) is 126 Å². The number of carbonyl (C=O) groups is 5. The first-order valence-electron chi connectivity index (χ1n) is 15.6. The van der Waals surface area contributed by atoms with Crippen molar-refractivity contribution >= 4 is 87.2 Å². The van der Waals surface area contributed by atoms with Crippen LogP contribution in [0.25, 0.3) is 6.08 Å². The van der Waals surface area contributed by atoms with Gasteiger partial charge in [-0.3, -0.25) is 24.6 Å². The maximum absolute atomic E-state index is 13.8. The van der Waals surface area contributed by atoms with Crippen molar-refractivity contribution in [1.82, 2.24) is 0 Å². The Balaban J connectivity index is 1.23. The van der Waals surface area contributed by atoms with Crippen LogP contribution in [-0.2, 0) is 14.3 Å². The third-order valence-electron chi connectivity index (χ3n) is 7.81. The number of benzene rings is 5. The van der Waals surface area contributed by atoms with E-state index in [1.54, 1.807) is 78.9 Å². The summed E-state index contributed by atoms with van der Waals surface area (Å²) in [4.78, 5) is 65.7. The van der Waals surface area contributed by atoms with E-state index in [4.69, 9.17) is 27.9 Å². The quantitative estimate of drug-likeness (QED) is 0.0688. The van der Waals surface area contributed by atoms with Crippen molar-refractivity contribution < 1.29 is 28.7 Å². The molecule has 6 rings (SSSR count). The molecule has 52 heavy (non-hydrogen) atoms. The zero-order valence-corrected chi connectivity index (χ0v) is 28.7. The number of Topliss-reactive ketones (excluding diaryl/α,β-unsaturated/α-hetero) is 1. The Morgan fingerprint density at radius 2 is 1.31 bits per heavy atom. The number of ether oxygens (including phenoxy) is 1. The highest BCUT2D eigenvalue weighted by atomic mass is 35.5. The molecule has 5 aromatic rings. The molecule has 1 aliphatic rings. The molecule has 5 aromatic carbocycles. The Labute approximate surface area is 307 Å². The van der Waals surface area contributed by atoms with Crippen LogP contribution < -0.4 is 21.4 Å². The van der Waals surface area contributed by atoms with Crippen LogP contribution in [0.5, 0.6) is 0 Å². The highest BCUT2D eigenvalue weighted by Gasteiger charge is 2.30. The first-order valence-corrected chi connectivity index (χ1v) is 16.3. The van der Waals surface area contributed by atoms with Crippen LogP contribution in [0.3, 0.4) is 0 Å². The number of hydrogen-bond acceptors (Lipinski definition) is 8. The Kier molecular flexibility index (Phi) is 10.5. The lowest BCUT2D eigenvalue weighted by atomic mass is 9.89. The Morgan fingerprint density at radius 1 is 0.654 bits per heavy atom. The molecular formula is C39H27Cl2N5O6. The molecule has 3 amide bonds. The number of fused-ring (bicyclic) bond motifs is 1. The molecule has 1 aliphatic carbocycles. The van der Waals surface area contributed by atoms with E-state index in [9.17, 15) is 24.0 Å². The maximum atomic E-state index is 13.8. The van der Waals surface area contributed by atoms with Gasteiger partial charge in [-0.15, -0.1) is 0 Å². The van der Waals surface area contributed by atoms with Crippen molar-refractivity contribution in [3.63, 3.8) is 0 Å². The van der Waals surface area contributed by atoms with E-state index in [1.807, 2.05) is 6.07 Å². The van der Waals surface area contributed by atoms with E-state index >= 15 is 0 Å². The van der Waals surface area contributed by atoms with Gasteiger partial charge in [-0.2, -0.15) is 5.10 Å². The van der Waals surface area contributed by atoms with Crippen molar-refractivity contribution in [2.45, 2.75) is 0 Å². The van der Waals surface area contributed by atoms with Gasteiger partial charge in [-0.1, -0.05) is 65.7 Å². The van der Waals surface area contributed by atoms with Gasteiger partial charge in [0.1, 0.15) is 5.71 Å². The molecule has 0 saturated heterocycles. The smallest absolute Gasteiger partial charge is 0.340 e. The average Bonchev–Trinajstić information content (AvgIpc) is 3.16. The van der Waals surface area contributed by atoms with E-state index in [-0.39, 0.29) is 44.7 Å². The highest BCUT2D eigenvalue weighted by molar-refractivity contribution is 6.59. The molecule has 0 saturated carbocycles. The number of ketones is 1. The van der Waals surface area contributed by atoms with E-state index < -0.39 is 23.6 Å². The normalized spacial score (nSPS) is 12.6. The molecule has 11 nitrogen and oxygen atoms in total. The van der Waals surface area contributed by atoms with E-state index in [2.05, 4.69) is 26.5 Å². The minimum Gasteiger partial charge on any atom is -0.465 e. The topological polar surface area (TPSA) is 155 Å². The van der Waals surface area contributed by atoms with Crippen LogP contribution in [0, 0.1) is 0 Å². The maximum Gasteiger partial charge on any atom is 0.340 e. The fraction of sp³-hybridized carbons (Fsp3) is 0.0256.